The van der Waals surface area contributed by atoms with Crippen LogP contribution in [0, 0.1) is 5.92 Å². The minimum Gasteiger partial charge on any atom is -0.479 e. The Kier molecular flexibility index (Phi) is 5.57. The number of aliphatic carboxylic acids is 1. The van der Waals surface area contributed by atoms with Crippen molar-refractivity contribution < 1.29 is 19.4 Å². The van der Waals surface area contributed by atoms with E-state index in [0.29, 0.717) is 24.6 Å². The summed E-state index contributed by atoms with van der Waals surface area (Å²) in [5, 5.41) is 14.4. The van der Waals surface area contributed by atoms with E-state index in [1.807, 2.05) is 0 Å². The first kappa shape index (κ1) is 15.3. The van der Waals surface area contributed by atoms with E-state index in [2.05, 4.69) is 10.6 Å². The highest BCUT2D eigenvalue weighted by Crippen LogP contribution is 2.13. The second-order valence-corrected chi connectivity index (χ2v) is 5.12. The topological polar surface area (TPSA) is 87.7 Å². The normalized spacial score (nSPS) is 19.5. The van der Waals surface area contributed by atoms with E-state index in [9.17, 15) is 14.7 Å². The number of benzene rings is 1. The van der Waals surface area contributed by atoms with Crippen LogP contribution in [0.5, 0.6) is 0 Å². The molecule has 2 amide bonds. The van der Waals surface area contributed by atoms with Crippen LogP contribution in [-0.4, -0.2) is 36.9 Å². The van der Waals surface area contributed by atoms with Crippen LogP contribution in [0.15, 0.2) is 30.3 Å². The van der Waals surface area contributed by atoms with Crippen LogP contribution in [0.1, 0.15) is 24.4 Å². The highest BCUT2D eigenvalue weighted by Gasteiger charge is 2.22. The fourth-order valence-corrected chi connectivity index (χ4v) is 2.32. The first-order chi connectivity index (χ1) is 10.2. The average Bonchev–Trinajstić information content (AvgIpc) is 2.52. The Morgan fingerprint density at radius 1 is 1.33 bits per heavy atom. The van der Waals surface area contributed by atoms with Gasteiger partial charge in [0.1, 0.15) is 0 Å². The van der Waals surface area contributed by atoms with Crippen LogP contribution in [-0.2, 0) is 9.53 Å². The predicted octanol–water partition coefficient (Wildman–Crippen LogP) is 1.54. The molecule has 6 nitrogen and oxygen atoms in total. The first-order valence-corrected chi connectivity index (χ1v) is 7.06. The number of carbonyl (C=O) groups is 2. The molecule has 0 bridgehead atoms. The van der Waals surface area contributed by atoms with Crippen molar-refractivity contribution in [2.45, 2.75) is 18.9 Å². The molecule has 2 atom stereocenters. The van der Waals surface area contributed by atoms with E-state index in [4.69, 9.17) is 4.74 Å². The molecule has 0 spiro atoms. The van der Waals surface area contributed by atoms with Crippen molar-refractivity contribution in [2.24, 2.45) is 5.92 Å². The number of urea groups is 1. The zero-order valence-corrected chi connectivity index (χ0v) is 11.7. The number of carboxylic acids is 1. The molecule has 1 fully saturated rings. The van der Waals surface area contributed by atoms with Gasteiger partial charge in [-0.15, -0.1) is 0 Å². The summed E-state index contributed by atoms with van der Waals surface area (Å²) in [6, 6.07) is 7.10. The molecule has 114 valence electrons. The van der Waals surface area contributed by atoms with Gasteiger partial charge in [-0.3, -0.25) is 0 Å². The summed E-state index contributed by atoms with van der Waals surface area (Å²) < 4.78 is 5.34. The molecule has 1 aliphatic rings. The molecule has 1 aromatic rings. The molecule has 1 aromatic carbocycles. The summed E-state index contributed by atoms with van der Waals surface area (Å²) in [5.41, 5.74) is 0.543. The third-order valence-corrected chi connectivity index (χ3v) is 3.46. The lowest BCUT2D eigenvalue weighted by atomic mass is 10.0. The van der Waals surface area contributed by atoms with E-state index in [1.54, 1.807) is 30.3 Å². The van der Waals surface area contributed by atoms with Crippen molar-refractivity contribution >= 4 is 12.0 Å². The summed E-state index contributed by atoms with van der Waals surface area (Å²) >= 11 is 0. The molecule has 0 aromatic heterocycles. The third-order valence-electron chi connectivity index (χ3n) is 3.46. The predicted molar refractivity (Wildman–Crippen MR) is 76.9 cm³/mol. The monoisotopic (exact) mass is 292 g/mol. The van der Waals surface area contributed by atoms with E-state index in [1.165, 1.54) is 0 Å². The van der Waals surface area contributed by atoms with E-state index in [0.717, 1.165) is 19.4 Å². The second kappa shape index (κ2) is 7.64. The number of carboxylic acid groups (broad SMARTS) is 1. The summed E-state index contributed by atoms with van der Waals surface area (Å²) in [6.07, 6.45) is 2.01. The number of rotatable bonds is 5. The quantitative estimate of drug-likeness (QED) is 0.768. The lowest BCUT2D eigenvalue weighted by Gasteiger charge is -2.23. The number of carbonyl (C=O) groups excluding carboxylic acids is 1. The lowest BCUT2D eigenvalue weighted by molar-refractivity contribution is -0.139. The van der Waals surface area contributed by atoms with E-state index >= 15 is 0 Å². The zero-order chi connectivity index (χ0) is 15.1. The molecule has 3 N–H and O–H groups in total. The number of amides is 2. The van der Waals surface area contributed by atoms with Crippen molar-refractivity contribution in [1.29, 1.82) is 0 Å². The van der Waals surface area contributed by atoms with Crippen molar-refractivity contribution in [2.75, 3.05) is 19.8 Å². The standard InChI is InChI=1S/C15H20N2O4/c18-14(19)13(12-6-2-1-3-7-12)17-15(20)16-9-11-5-4-8-21-10-11/h1-3,6-7,11,13H,4-5,8-10H2,(H,18,19)(H2,16,17,20). The molecule has 0 saturated carbocycles. The van der Waals surface area contributed by atoms with Gasteiger partial charge in [0, 0.05) is 13.2 Å². The van der Waals surface area contributed by atoms with E-state index < -0.39 is 18.0 Å². The molecule has 21 heavy (non-hydrogen) atoms. The van der Waals surface area contributed by atoms with Crippen LogP contribution in [0.2, 0.25) is 0 Å². The number of hydrogen-bond acceptors (Lipinski definition) is 3. The third kappa shape index (κ3) is 4.75. The Morgan fingerprint density at radius 2 is 2.10 bits per heavy atom. The van der Waals surface area contributed by atoms with Crippen LogP contribution < -0.4 is 10.6 Å². The highest BCUT2D eigenvalue weighted by atomic mass is 16.5. The van der Waals surface area contributed by atoms with Crippen LogP contribution >= 0.6 is 0 Å². The molecule has 0 aliphatic carbocycles. The first-order valence-electron chi connectivity index (χ1n) is 7.06. The zero-order valence-electron chi connectivity index (χ0n) is 11.7. The van der Waals surface area contributed by atoms with Crippen molar-refractivity contribution in [3.8, 4) is 0 Å². The Balaban J connectivity index is 1.85. The van der Waals surface area contributed by atoms with Crippen molar-refractivity contribution in [3.63, 3.8) is 0 Å². The summed E-state index contributed by atoms with van der Waals surface area (Å²) in [6.45, 7) is 1.91. The van der Waals surface area contributed by atoms with Gasteiger partial charge in [0.25, 0.3) is 0 Å². The van der Waals surface area contributed by atoms with Crippen LogP contribution in [0.4, 0.5) is 4.79 Å². The number of hydrogen-bond donors (Lipinski definition) is 3. The Morgan fingerprint density at radius 3 is 2.71 bits per heavy atom. The van der Waals surface area contributed by atoms with Crippen LogP contribution in [0.25, 0.3) is 0 Å². The summed E-state index contributed by atoms with van der Waals surface area (Å²) in [4.78, 5) is 23.1. The number of ether oxygens (including phenoxy) is 1. The summed E-state index contributed by atoms with van der Waals surface area (Å²) in [5.74, 6) is -0.790. The fourth-order valence-electron chi connectivity index (χ4n) is 2.32. The van der Waals surface area contributed by atoms with Gasteiger partial charge in [-0.1, -0.05) is 30.3 Å². The molecule has 0 radical (unpaired) electrons. The SMILES string of the molecule is O=C(NCC1CCCOC1)NC(C(=O)O)c1ccccc1. The maximum absolute atomic E-state index is 11.8. The van der Waals surface area contributed by atoms with Gasteiger partial charge in [0.2, 0.25) is 0 Å². The fraction of sp³-hybridized carbons (Fsp3) is 0.467. The van der Waals surface area contributed by atoms with Crippen LogP contribution in [0.3, 0.4) is 0 Å². The molecule has 1 heterocycles. The Hall–Kier alpha value is -2.08. The second-order valence-electron chi connectivity index (χ2n) is 5.12. The maximum Gasteiger partial charge on any atom is 0.330 e. The van der Waals surface area contributed by atoms with Gasteiger partial charge in [-0.25, -0.2) is 9.59 Å². The highest BCUT2D eigenvalue weighted by molar-refractivity contribution is 5.83. The largest absolute Gasteiger partial charge is 0.479 e. The molecule has 2 unspecified atom stereocenters. The Bertz CT molecular complexity index is 472. The average molecular weight is 292 g/mol. The van der Waals surface area contributed by atoms with Gasteiger partial charge in [0.15, 0.2) is 6.04 Å². The molecule has 1 aliphatic heterocycles. The van der Waals surface area contributed by atoms with Crippen molar-refractivity contribution in [3.05, 3.63) is 35.9 Å². The molecule has 1 saturated heterocycles. The minimum atomic E-state index is -1.09. The van der Waals surface area contributed by atoms with Gasteiger partial charge < -0.3 is 20.5 Å². The molecular formula is C15H20N2O4. The van der Waals surface area contributed by atoms with E-state index in [-0.39, 0.29) is 0 Å². The summed E-state index contributed by atoms with van der Waals surface area (Å²) in [7, 11) is 0. The van der Waals surface area contributed by atoms with Gasteiger partial charge in [-0.2, -0.15) is 0 Å². The lowest BCUT2D eigenvalue weighted by Crippen LogP contribution is -2.43. The molecule has 2 rings (SSSR count). The number of nitrogens with one attached hydrogen (secondary N) is 2. The van der Waals surface area contributed by atoms with Gasteiger partial charge >= 0.3 is 12.0 Å². The minimum absolute atomic E-state index is 0.296. The smallest absolute Gasteiger partial charge is 0.330 e. The Labute approximate surface area is 123 Å². The van der Waals surface area contributed by atoms with Gasteiger partial charge in [-0.05, 0) is 24.3 Å². The van der Waals surface area contributed by atoms with Gasteiger partial charge in [0.05, 0.1) is 6.61 Å². The van der Waals surface area contributed by atoms with Crippen molar-refractivity contribution in [1.82, 2.24) is 10.6 Å². The molecule has 6 heteroatoms. The molecular weight excluding hydrogens is 272 g/mol. The maximum atomic E-state index is 11.8.